The molecule has 0 radical (unpaired) electrons. The number of hydrogen-bond donors (Lipinski definition) is 2. The first-order valence-electron chi connectivity index (χ1n) is 9.39. The summed E-state index contributed by atoms with van der Waals surface area (Å²) in [7, 11) is 0. The van der Waals surface area contributed by atoms with E-state index in [0.717, 1.165) is 40.6 Å². The second-order valence-corrected chi connectivity index (χ2v) is 7.06. The third kappa shape index (κ3) is 3.16. The fourth-order valence-corrected chi connectivity index (χ4v) is 4.18. The zero-order valence-electron chi connectivity index (χ0n) is 15.4. The van der Waals surface area contributed by atoms with Gasteiger partial charge in [0.25, 0.3) is 0 Å². The van der Waals surface area contributed by atoms with Crippen molar-refractivity contribution >= 4 is 22.8 Å². The maximum atomic E-state index is 12.2. The summed E-state index contributed by atoms with van der Waals surface area (Å²) in [4.78, 5) is 23.9. The van der Waals surface area contributed by atoms with E-state index in [9.17, 15) is 9.59 Å². The summed E-state index contributed by atoms with van der Waals surface area (Å²) < 4.78 is 7.57. The molecule has 4 rings (SSSR count). The van der Waals surface area contributed by atoms with Crippen molar-refractivity contribution in [2.75, 3.05) is 6.61 Å². The summed E-state index contributed by atoms with van der Waals surface area (Å²) in [6, 6.07) is 15.5. The molecule has 0 saturated carbocycles. The molecule has 144 valence electrons. The van der Waals surface area contributed by atoms with Gasteiger partial charge in [0.2, 0.25) is 5.91 Å². The summed E-state index contributed by atoms with van der Waals surface area (Å²) in [6.07, 6.45) is 2.38. The van der Waals surface area contributed by atoms with E-state index >= 15 is 0 Å². The van der Waals surface area contributed by atoms with Crippen molar-refractivity contribution in [3.8, 4) is 5.75 Å². The third-order valence-corrected chi connectivity index (χ3v) is 5.34. The molecule has 1 unspecified atom stereocenters. The quantitative estimate of drug-likeness (QED) is 0.527. The van der Waals surface area contributed by atoms with Crippen LogP contribution in [0, 0.1) is 0 Å². The van der Waals surface area contributed by atoms with Crippen LogP contribution in [-0.2, 0) is 22.6 Å². The van der Waals surface area contributed by atoms with Gasteiger partial charge in [-0.1, -0.05) is 36.4 Å². The molecule has 0 aliphatic heterocycles. The van der Waals surface area contributed by atoms with E-state index in [2.05, 4.69) is 16.7 Å². The van der Waals surface area contributed by atoms with E-state index in [0.29, 0.717) is 18.7 Å². The van der Waals surface area contributed by atoms with Crippen LogP contribution in [-0.4, -0.2) is 28.2 Å². The first kappa shape index (κ1) is 18.3. The SMILES string of the molecule is NC(=O)C1CCCc2c1c1c(OC(=O)CO)cccc1n2Cc1ccccc1. The highest BCUT2D eigenvalue weighted by atomic mass is 16.5. The molecule has 1 atom stereocenters. The minimum Gasteiger partial charge on any atom is -0.424 e. The number of aliphatic hydroxyl groups is 1. The topological polar surface area (TPSA) is 94.6 Å². The van der Waals surface area contributed by atoms with Crippen LogP contribution in [0.25, 0.3) is 10.9 Å². The normalized spacial score (nSPS) is 16.0. The molecule has 0 spiro atoms. The molecule has 0 saturated heterocycles. The Balaban J connectivity index is 1.95. The molecule has 1 heterocycles. The van der Waals surface area contributed by atoms with Gasteiger partial charge < -0.3 is 20.1 Å². The Morgan fingerprint density at radius 1 is 1.14 bits per heavy atom. The Bertz CT molecular complexity index is 1040. The van der Waals surface area contributed by atoms with Crippen molar-refractivity contribution < 1.29 is 19.4 Å². The zero-order valence-corrected chi connectivity index (χ0v) is 15.4. The predicted octanol–water partition coefficient (Wildman–Crippen LogP) is 2.49. The number of ether oxygens (including phenoxy) is 1. The van der Waals surface area contributed by atoms with Gasteiger partial charge in [0.05, 0.1) is 11.4 Å². The van der Waals surface area contributed by atoms with Crippen LogP contribution in [0.1, 0.15) is 35.6 Å². The number of rotatable bonds is 5. The van der Waals surface area contributed by atoms with Crippen LogP contribution >= 0.6 is 0 Å². The van der Waals surface area contributed by atoms with Crippen LogP contribution < -0.4 is 10.5 Å². The standard InChI is InChI=1S/C22H22N2O4/c23-22(27)15-8-4-9-16-20(15)21-17(10-5-11-18(21)28-19(26)13-25)24(16)12-14-6-2-1-3-7-14/h1-3,5-7,10-11,15,25H,4,8-9,12-13H2,(H2,23,27). The van der Waals surface area contributed by atoms with Gasteiger partial charge in [-0.25, -0.2) is 4.79 Å². The Kier molecular flexibility index (Phi) is 4.88. The molecule has 1 aliphatic rings. The second kappa shape index (κ2) is 7.48. The molecule has 1 aliphatic carbocycles. The minimum atomic E-state index is -0.733. The number of nitrogens with two attached hydrogens (primary N) is 1. The van der Waals surface area contributed by atoms with Crippen molar-refractivity contribution in [1.82, 2.24) is 4.57 Å². The van der Waals surface area contributed by atoms with E-state index in [1.165, 1.54) is 0 Å². The highest BCUT2D eigenvalue weighted by molar-refractivity contribution is 5.98. The maximum absolute atomic E-state index is 12.2. The van der Waals surface area contributed by atoms with Crippen LogP contribution in [0.5, 0.6) is 5.75 Å². The van der Waals surface area contributed by atoms with Crippen molar-refractivity contribution in [3.05, 3.63) is 65.4 Å². The monoisotopic (exact) mass is 378 g/mol. The Morgan fingerprint density at radius 3 is 2.64 bits per heavy atom. The lowest BCUT2D eigenvalue weighted by molar-refractivity contribution is -0.137. The van der Waals surface area contributed by atoms with Crippen LogP contribution in [0.4, 0.5) is 0 Å². The highest BCUT2D eigenvalue weighted by Crippen LogP contribution is 2.43. The van der Waals surface area contributed by atoms with Crippen molar-refractivity contribution in [1.29, 1.82) is 0 Å². The number of aromatic nitrogens is 1. The molecule has 2 aromatic carbocycles. The fraction of sp³-hybridized carbons (Fsp3) is 0.273. The van der Waals surface area contributed by atoms with E-state index in [1.54, 1.807) is 6.07 Å². The Hall–Kier alpha value is -3.12. The van der Waals surface area contributed by atoms with Gasteiger partial charge in [0.15, 0.2) is 0 Å². The van der Waals surface area contributed by atoms with Crippen LogP contribution in [0.2, 0.25) is 0 Å². The highest BCUT2D eigenvalue weighted by Gasteiger charge is 2.32. The van der Waals surface area contributed by atoms with Gasteiger partial charge in [0, 0.05) is 17.6 Å². The van der Waals surface area contributed by atoms with Gasteiger partial charge in [-0.2, -0.15) is 0 Å². The maximum Gasteiger partial charge on any atom is 0.337 e. The summed E-state index contributed by atoms with van der Waals surface area (Å²) in [5, 5.41) is 9.83. The number of benzene rings is 2. The van der Waals surface area contributed by atoms with Crippen LogP contribution in [0.15, 0.2) is 48.5 Å². The predicted molar refractivity (Wildman–Crippen MR) is 105 cm³/mol. The van der Waals surface area contributed by atoms with Gasteiger partial charge in [-0.3, -0.25) is 4.79 Å². The number of amides is 1. The van der Waals surface area contributed by atoms with Crippen LogP contribution in [0.3, 0.4) is 0 Å². The van der Waals surface area contributed by atoms with E-state index in [-0.39, 0.29) is 5.91 Å². The lowest BCUT2D eigenvalue weighted by atomic mass is 9.84. The largest absolute Gasteiger partial charge is 0.424 e. The van der Waals surface area contributed by atoms with E-state index < -0.39 is 18.5 Å². The molecule has 1 aromatic heterocycles. The van der Waals surface area contributed by atoms with Crippen molar-refractivity contribution in [2.45, 2.75) is 31.7 Å². The number of hydrogen-bond acceptors (Lipinski definition) is 4. The third-order valence-electron chi connectivity index (χ3n) is 5.34. The lowest BCUT2D eigenvalue weighted by Gasteiger charge is -2.22. The fourth-order valence-electron chi connectivity index (χ4n) is 4.18. The Labute approximate surface area is 162 Å². The van der Waals surface area contributed by atoms with Crippen molar-refractivity contribution in [3.63, 3.8) is 0 Å². The summed E-state index contributed by atoms with van der Waals surface area (Å²) >= 11 is 0. The minimum absolute atomic E-state index is 0.354. The summed E-state index contributed by atoms with van der Waals surface area (Å²) in [5.74, 6) is -1.17. The first-order valence-corrected chi connectivity index (χ1v) is 9.39. The molecule has 1 amide bonds. The smallest absolute Gasteiger partial charge is 0.337 e. The van der Waals surface area contributed by atoms with E-state index in [1.807, 2.05) is 30.3 Å². The zero-order chi connectivity index (χ0) is 19.7. The van der Waals surface area contributed by atoms with Crippen molar-refractivity contribution in [2.24, 2.45) is 5.73 Å². The summed E-state index contributed by atoms with van der Waals surface area (Å²) in [6.45, 7) is -0.0574. The molecule has 3 N–H and O–H groups in total. The number of primary amides is 1. The number of esters is 1. The Morgan fingerprint density at radius 2 is 1.93 bits per heavy atom. The molecule has 6 nitrogen and oxygen atoms in total. The number of fused-ring (bicyclic) bond motifs is 3. The first-order chi connectivity index (χ1) is 13.6. The van der Waals surface area contributed by atoms with E-state index in [4.69, 9.17) is 15.6 Å². The van der Waals surface area contributed by atoms with Gasteiger partial charge in [-0.15, -0.1) is 0 Å². The lowest BCUT2D eigenvalue weighted by Crippen LogP contribution is -2.25. The number of carbonyl (C=O) groups is 2. The molecular formula is C22H22N2O4. The average molecular weight is 378 g/mol. The summed E-state index contributed by atoms with van der Waals surface area (Å²) in [5.41, 5.74) is 9.66. The molecule has 3 aromatic rings. The van der Waals surface area contributed by atoms with Gasteiger partial charge >= 0.3 is 5.97 Å². The van der Waals surface area contributed by atoms with Gasteiger partial charge in [0.1, 0.15) is 12.4 Å². The number of nitrogens with zero attached hydrogens (tertiary/aromatic N) is 1. The second-order valence-electron chi connectivity index (χ2n) is 7.06. The molecule has 6 heteroatoms. The number of aliphatic hydroxyl groups excluding tert-OH is 1. The molecule has 0 fully saturated rings. The van der Waals surface area contributed by atoms with Gasteiger partial charge in [-0.05, 0) is 42.5 Å². The average Bonchev–Trinajstić information content (AvgIpc) is 3.03. The molecule has 0 bridgehead atoms. The molecular weight excluding hydrogens is 356 g/mol. The number of carbonyl (C=O) groups excluding carboxylic acids is 2. The molecule has 28 heavy (non-hydrogen) atoms.